The van der Waals surface area contributed by atoms with E-state index in [1.807, 2.05) is 6.92 Å². The van der Waals surface area contributed by atoms with Gasteiger partial charge in [-0.05, 0) is 50.7 Å². The molecule has 5 heteroatoms. The first-order valence-corrected chi connectivity index (χ1v) is 11.1. The summed E-state index contributed by atoms with van der Waals surface area (Å²) < 4.78 is 6.24. The average Bonchev–Trinajstić information content (AvgIpc) is 2.33. The second-order valence-corrected chi connectivity index (χ2v) is 13.1. The molecule has 0 aromatic heterocycles. The summed E-state index contributed by atoms with van der Waals surface area (Å²) in [6.07, 6.45) is 2.91. The predicted octanol–water partition coefficient (Wildman–Crippen LogP) is 4.36. The SMILES string of the molecule is C=C(C)C[C@]1(CCO[Si](C)(C)C(C)(C)C)CCCN(O)C1=O. The zero-order chi connectivity index (χ0) is 17.2. The molecule has 1 rings (SSSR count). The van der Waals surface area contributed by atoms with Crippen LogP contribution in [0.5, 0.6) is 0 Å². The standard InChI is InChI=1S/C17H33NO3Si/c1-14(2)13-17(9-8-11-18(20)15(17)19)10-12-21-22(6,7)16(3,4)5/h20H,1,8-13H2,2-7H3/t17-/m1/s1. The molecule has 0 spiro atoms. The first-order chi connectivity index (χ1) is 9.91. The summed E-state index contributed by atoms with van der Waals surface area (Å²) in [4.78, 5) is 12.5. The Hall–Kier alpha value is -0.653. The molecule has 0 radical (unpaired) electrons. The van der Waals surface area contributed by atoms with Crippen LogP contribution in [0.25, 0.3) is 0 Å². The van der Waals surface area contributed by atoms with Crippen LogP contribution in [0.2, 0.25) is 18.1 Å². The molecule has 1 aliphatic rings. The molecule has 128 valence electrons. The molecule has 0 aromatic rings. The summed E-state index contributed by atoms with van der Waals surface area (Å²) in [6.45, 7) is 18.0. The van der Waals surface area contributed by atoms with E-state index in [0.717, 1.165) is 23.5 Å². The van der Waals surface area contributed by atoms with Crippen molar-refractivity contribution in [3.8, 4) is 0 Å². The number of nitrogens with zero attached hydrogens (tertiary/aromatic N) is 1. The number of piperidine rings is 1. The van der Waals surface area contributed by atoms with Crippen LogP contribution in [-0.2, 0) is 9.22 Å². The first-order valence-electron chi connectivity index (χ1n) is 8.20. The van der Waals surface area contributed by atoms with E-state index < -0.39 is 13.7 Å². The second-order valence-electron chi connectivity index (χ2n) is 8.30. The number of amides is 1. The Morgan fingerprint density at radius 3 is 2.55 bits per heavy atom. The van der Waals surface area contributed by atoms with Crippen LogP contribution >= 0.6 is 0 Å². The summed E-state index contributed by atoms with van der Waals surface area (Å²) in [7, 11) is -1.81. The van der Waals surface area contributed by atoms with Crippen molar-refractivity contribution in [1.82, 2.24) is 5.06 Å². The van der Waals surface area contributed by atoms with Crippen molar-refractivity contribution >= 4 is 14.2 Å². The Bertz CT molecular complexity index is 428. The lowest BCUT2D eigenvalue weighted by Gasteiger charge is -2.41. The highest BCUT2D eigenvalue weighted by molar-refractivity contribution is 6.74. The van der Waals surface area contributed by atoms with Crippen molar-refractivity contribution in [2.24, 2.45) is 5.41 Å². The minimum absolute atomic E-state index is 0.161. The van der Waals surface area contributed by atoms with Crippen LogP contribution in [0.3, 0.4) is 0 Å². The van der Waals surface area contributed by atoms with Crippen LogP contribution in [0.4, 0.5) is 0 Å². The zero-order valence-electron chi connectivity index (χ0n) is 15.2. The number of hydrogen-bond donors (Lipinski definition) is 1. The van der Waals surface area contributed by atoms with E-state index in [1.54, 1.807) is 0 Å². The van der Waals surface area contributed by atoms with Gasteiger partial charge in [-0.3, -0.25) is 10.0 Å². The van der Waals surface area contributed by atoms with Crippen LogP contribution in [-0.4, -0.2) is 37.6 Å². The van der Waals surface area contributed by atoms with Gasteiger partial charge in [-0.1, -0.05) is 26.3 Å². The maximum Gasteiger partial charge on any atom is 0.252 e. The number of allylic oxidation sites excluding steroid dienone is 1. The van der Waals surface area contributed by atoms with E-state index in [2.05, 4.69) is 40.4 Å². The largest absolute Gasteiger partial charge is 0.417 e. The third kappa shape index (κ3) is 4.43. The first kappa shape index (κ1) is 19.4. The van der Waals surface area contributed by atoms with Gasteiger partial charge in [0.2, 0.25) is 0 Å². The third-order valence-electron chi connectivity index (χ3n) is 5.20. The van der Waals surface area contributed by atoms with Crippen LogP contribution in [0.1, 0.15) is 53.4 Å². The predicted molar refractivity (Wildman–Crippen MR) is 92.4 cm³/mol. The minimum atomic E-state index is -1.81. The molecule has 1 atom stereocenters. The number of hydrogen-bond acceptors (Lipinski definition) is 3. The molecule has 1 N–H and O–H groups in total. The minimum Gasteiger partial charge on any atom is -0.417 e. The van der Waals surface area contributed by atoms with E-state index in [0.29, 0.717) is 26.0 Å². The van der Waals surface area contributed by atoms with Gasteiger partial charge in [-0.25, -0.2) is 5.06 Å². The fourth-order valence-electron chi connectivity index (χ4n) is 2.83. The Balaban J connectivity index is 2.79. The molecular formula is C17H33NO3Si. The number of carbonyl (C=O) groups excluding carboxylic acids is 1. The Morgan fingerprint density at radius 1 is 1.45 bits per heavy atom. The molecule has 22 heavy (non-hydrogen) atoms. The van der Waals surface area contributed by atoms with Gasteiger partial charge in [-0.15, -0.1) is 6.58 Å². The Morgan fingerprint density at radius 2 is 2.05 bits per heavy atom. The van der Waals surface area contributed by atoms with E-state index >= 15 is 0 Å². The number of carbonyl (C=O) groups is 1. The molecule has 4 nitrogen and oxygen atoms in total. The van der Waals surface area contributed by atoms with Gasteiger partial charge >= 0.3 is 0 Å². The lowest BCUT2D eigenvalue weighted by Crippen LogP contribution is -2.49. The van der Waals surface area contributed by atoms with Crippen molar-refractivity contribution in [3.05, 3.63) is 12.2 Å². The Labute approximate surface area is 136 Å². The lowest BCUT2D eigenvalue weighted by molar-refractivity contribution is -0.186. The quantitative estimate of drug-likeness (QED) is 0.448. The molecule has 0 unspecified atom stereocenters. The lowest BCUT2D eigenvalue weighted by atomic mass is 9.73. The molecule has 1 fully saturated rings. The number of rotatable bonds is 6. The molecule has 0 bridgehead atoms. The normalized spacial score (nSPS) is 23.8. The summed E-state index contributed by atoms with van der Waals surface area (Å²) in [5.41, 5.74) is 0.442. The van der Waals surface area contributed by atoms with Gasteiger partial charge in [0.1, 0.15) is 0 Å². The van der Waals surface area contributed by atoms with E-state index in [9.17, 15) is 10.0 Å². The Kier molecular flexibility index (Phi) is 6.04. The average molecular weight is 328 g/mol. The fraction of sp³-hybridized carbons (Fsp3) is 0.824. The van der Waals surface area contributed by atoms with Gasteiger partial charge < -0.3 is 4.43 Å². The van der Waals surface area contributed by atoms with Crippen molar-refractivity contribution in [1.29, 1.82) is 0 Å². The van der Waals surface area contributed by atoms with Crippen molar-refractivity contribution in [2.75, 3.05) is 13.2 Å². The smallest absolute Gasteiger partial charge is 0.252 e. The summed E-state index contributed by atoms with van der Waals surface area (Å²) >= 11 is 0. The van der Waals surface area contributed by atoms with Gasteiger partial charge in [0.05, 0.1) is 5.41 Å². The van der Waals surface area contributed by atoms with Gasteiger partial charge in [0.25, 0.3) is 5.91 Å². The highest BCUT2D eigenvalue weighted by atomic mass is 28.4. The highest BCUT2D eigenvalue weighted by Gasteiger charge is 2.44. The third-order valence-corrected chi connectivity index (χ3v) is 9.74. The molecule has 0 aliphatic carbocycles. The fourth-order valence-corrected chi connectivity index (χ4v) is 3.87. The van der Waals surface area contributed by atoms with Crippen molar-refractivity contribution in [2.45, 2.75) is 71.5 Å². The molecule has 1 amide bonds. The van der Waals surface area contributed by atoms with Gasteiger partial charge in [0.15, 0.2) is 8.32 Å². The highest BCUT2D eigenvalue weighted by Crippen LogP contribution is 2.41. The summed E-state index contributed by atoms with van der Waals surface area (Å²) in [5.74, 6) is -0.166. The topological polar surface area (TPSA) is 49.8 Å². The molecule has 0 aromatic carbocycles. The maximum atomic E-state index is 12.5. The number of hydroxylamine groups is 2. The van der Waals surface area contributed by atoms with Crippen molar-refractivity contribution < 1.29 is 14.4 Å². The van der Waals surface area contributed by atoms with E-state index in [-0.39, 0.29) is 10.9 Å². The van der Waals surface area contributed by atoms with Crippen LogP contribution < -0.4 is 0 Å². The van der Waals surface area contributed by atoms with Gasteiger partial charge in [0, 0.05) is 13.2 Å². The second kappa shape index (κ2) is 6.85. The molecule has 0 saturated carbocycles. The zero-order valence-corrected chi connectivity index (χ0v) is 16.2. The van der Waals surface area contributed by atoms with Crippen molar-refractivity contribution in [3.63, 3.8) is 0 Å². The molecule has 1 saturated heterocycles. The summed E-state index contributed by atoms with van der Waals surface area (Å²) in [5, 5.41) is 10.9. The van der Waals surface area contributed by atoms with E-state index in [1.165, 1.54) is 0 Å². The molecular weight excluding hydrogens is 294 g/mol. The maximum absolute atomic E-state index is 12.5. The van der Waals surface area contributed by atoms with Crippen LogP contribution in [0.15, 0.2) is 12.2 Å². The summed E-state index contributed by atoms with van der Waals surface area (Å²) in [6, 6.07) is 0. The van der Waals surface area contributed by atoms with Crippen LogP contribution in [0, 0.1) is 5.41 Å². The molecule has 1 heterocycles. The monoisotopic (exact) mass is 327 g/mol. The van der Waals surface area contributed by atoms with Gasteiger partial charge in [-0.2, -0.15) is 0 Å². The molecule has 1 aliphatic heterocycles. The van der Waals surface area contributed by atoms with E-state index in [4.69, 9.17) is 4.43 Å².